The fraction of sp³-hybridized carbons (Fsp3) is 0.310. The maximum Gasteiger partial charge on any atom is 0.252 e. The van der Waals surface area contributed by atoms with Crippen molar-refractivity contribution in [3.8, 4) is 0 Å². The topological polar surface area (TPSA) is 92.8 Å². The molecular formula is C29H32N6O2. The maximum absolute atomic E-state index is 13.3. The minimum atomic E-state index is -0.139. The van der Waals surface area contributed by atoms with Crippen molar-refractivity contribution in [1.82, 2.24) is 30.1 Å². The zero-order valence-corrected chi connectivity index (χ0v) is 21.7. The van der Waals surface area contributed by atoms with Gasteiger partial charge >= 0.3 is 0 Å². The molecule has 37 heavy (non-hydrogen) atoms. The third-order valence-corrected chi connectivity index (χ3v) is 6.73. The molecule has 0 radical (unpaired) electrons. The van der Waals surface area contributed by atoms with Crippen LogP contribution in [0.3, 0.4) is 0 Å². The van der Waals surface area contributed by atoms with Crippen molar-refractivity contribution in [1.29, 1.82) is 0 Å². The zero-order valence-electron chi connectivity index (χ0n) is 21.7. The van der Waals surface area contributed by atoms with Gasteiger partial charge in [0.1, 0.15) is 12.3 Å². The summed E-state index contributed by atoms with van der Waals surface area (Å²) in [6.45, 7) is 9.97. The van der Waals surface area contributed by atoms with Gasteiger partial charge in [0, 0.05) is 29.6 Å². The van der Waals surface area contributed by atoms with Crippen LogP contribution in [0.4, 0.5) is 0 Å². The summed E-state index contributed by atoms with van der Waals surface area (Å²) in [4.78, 5) is 18.7. The molecule has 0 aliphatic carbocycles. The molecule has 3 aromatic heterocycles. The number of hydrogen-bond donors (Lipinski definition) is 1. The average Bonchev–Trinajstić information content (AvgIpc) is 3.53. The molecule has 0 saturated carbocycles. The summed E-state index contributed by atoms with van der Waals surface area (Å²) < 4.78 is 7.35. The molecule has 0 fully saturated rings. The molecule has 0 amide bonds. The van der Waals surface area contributed by atoms with Gasteiger partial charge in [0.15, 0.2) is 5.82 Å². The first-order chi connectivity index (χ1) is 17.9. The fourth-order valence-corrected chi connectivity index (χ4v) is 5.09. The smallest absolute Gasteiger partial charge is 0.252 e. The highest BCUT2D eigenvalue weighted by Gasteiger charge is 2.30. The monoisotopic (exact) mass is 496 g/mol. The minimum absolute atomic E-state index is 0.0757. The Labute approximate surface area is 215 Å². The van der Waals surface area contributed by atoms with Gasteiger partial charge < -0.3 is 9.40 Å². The standard InChI is InChI=1S/C29H32N6O2/c1-19(2)27(28-31-32-33-35(28)18-24-11-8-12-37-24)34(16-22-9-6-5-7-10-22)17-23-15-25-21(4)13-20(3)14-26(25)30-29(23)36/h5-15,19,27H,16-18H2,1-4H3,(H,30,36). The summed E-state index contributed by atoms with van der Waals surface area (Å²) in [6.07, 6.45) is 1.65. The second-order valence-electron chi connectivity index (χ2n) is 10.0. The van der Waals surface area contributed by atoms with E-state index in [4.69, 9.17) is 4.42 Å². The van der Waals surface area contributed by atoms with E-state index in [2.05, 4.69) is 64.4 Å². The number of aromatic amines is 1. The molecule has 0 bridgehead atoms. The van der Waals surface area contributed by atoms with E-state index in [9.17, 15) is 4.79 Å². The van der Waals surface area contributed by atoms with Gasteiger partial charge in [-0.25, -0.2) is 4.68 Å². The van der Waals surface area contributed by atoms with Gasteiger partial charge in [-0.15, -0.1) is 5.10 Å². The van der Waals surface area contributed by atoms with Crippen LogP contribution in [-0.2, 0) is 19.6 Å². The van der Waals surface area contributed by atoms with E-state index < -0.39 is 0 Å². The Morgan fingerprint density at radius 3 is 2.57 bits per heavy atom. The average molecular weight is 497 g/mol. The first kappa shape index (κ1) is 24.6. The number of aryl methyl sites for hydroxylation is 2. The summed E-state index contributed by atoms with van der Waals surface area (Å²) in [6, 6.07) is 20.1. The minimum Gasteiger partial charge on any atom is -0.467 e. The van der Waals surface area contributed by atoms with Gasteiger partial charge in [-0.05, 0) is 71.1 Å². The SMILES string of the molecule is Cc1cc(C)c2cc(CN(Cc3ccccc3)C(c3nnnn3Cc3ccco3)C(C)C)c(=O)[nH]c2c1. The number of aromatic nitrogens is 5. The molecule has 8 heteroatoms. The highest BCUT2D eigenvalue weighted by atomic mass is 16.3. The van der Waals surface area contributed by atoms with Crippen molar-refractivity contribution in [2.24, 2.45) is 5.92 Å². The number of fused-ring (bicyclic) bond motifs is 1. The van der Waals surface area contributed by atoms with Crippen molar-refractivity contribution in [2.45, 2.75) is 53.4 Å². The highest BCUT2D eigenvalue weighted by molar-refractivity contribution is 5.83. The third kappa shape index (κ3) is 5.39. The molecule has 3 heterocycles. The fourth-order valence-electron chi connectivity index (χ4n) is 5.09. The normalized spacial score (nSPS) is 12.6. The van der Waals surface area contributed by atoms with E-state index in [1.165, 1.54) is 0 Å². The number of rotatable bonds is 9. The largest absolute Gasteiger partial charge is 0.467 e. The first-order valence-electron chi connectivity index (χ1n) is 12.6. The maximum atomic E-state index is 13.3. The number of H-pyrrole nitrogens is 1. The van der Waals surface area contributed by atoms with Crippen LogP contribution in [0.15, 0.2) is 76.1 Å². The molecule has 5 aromatic rings. The third-order valence-electron chi connectivity index (χ3n) is 6.73. The predicted molar refractivity (Wildman–Crippen MR) is 143 cm³/mol. The van der Waals surface area contributed by atoms with Gasteiger partial charge in [0.25, 0.3) is 5.56 Å². The van der Waals surface area contributed by atoms with Gasteiger partial charge in [0.05, 0.1) is 12.3 Å². The van der Waals surface area contributed by atoms with E-state index in [1.54, 1.807) is 10.9 Å². The van der Waals surface area contributed by atoms with E-state index >= 15 is 0 Å². The summed E-state index contributed by atoms with van der Waals surface area (Å²) in [5.41, 5.74) is 4.93. The molecular weight excluding hydrogens is 464 g/mol. The molecule has 8 nitrogen and oxygen atoms in total. The van der Waals surface area contributed by atoms with Crippen LogP contribution >= 0.6 is 0 Å². The zero-order chi connectivity index (χ0) is 25.9. The molecule has 190 valence electrons. The molecule has 1 atom stereocenters. The van der Waals surface area contributed by atoms with Gasteiger partial charge in [-0.3, -0.25) is 9.69 Å². The Balaban J connectivity index is 1.57. The first-order valence-corrected chi connectivity index (χ1v) is 12.6. The van der Waals surface area contributed by atoms with Gasteiger partial charge in [-0.2, -0.15) is 0 Å². The second-order valence-corrected chi connectivity index (χ2v) is 10.0. The molecule has 0 spiro atoms. The van der Waals surface area contributed by atoms with Gasteiger partial charge in [0.2, 0.25) is 0 Å². The number of pyridine rings is 1. The second kappa shape index (κ2) is 10.5. The molecule has 2 aromatic carbocycles. The number of furan rings is 1. The molecule has 5 rings (SSSR count). The summed E-state index contributed by atoms with van der Waals surface area (Å²) in [7, 11) is 0. The number of hydrogen-bond acceptors (Lipinski definition) is 6. The van der Waals surface area contributed by atoms with Crippen LogP contribution in [-0.4, -0.2) is 30.1 Å². The Morgan fingerprint density at radius 2 is 1.84 bits per heavy atom. The lowest BCUT2D eigenvalue weighted by atomic mass is 9.99. The Kier molecular flexibility index (Phi) is 7.01. The molecule has 1 N–H and O–H groups in total. The van der Waals surface area contributed by atoms with Crippen molar-refractivity contribution in [3.05, 3.63) is 111 Å². The number of tetrazole rings is 1. The Morgan fingerprint density at radius 1 is 1.03 bits per heavy atom. The quantitative estimate of drug-likeness (QED) is 0.303. The van der Waals surface area contributed by atoms with Crippen LogP contribution in [0, 0.1) is 19.8 Å². The number of benzene rings is 2. The van der Waals surface area contributed by atoms with Crippen molar-refractivity contribution in [3.63, 3.8) is 0 Å². The van der Waals surface area contributed by atoms with Crippen LogP contribution in [0.1, 0.15) is 53.7 Å². The molecule has 0 aliphatic rings. The highest BCUT2D eigenvalue weighted by Crippen LogP contribution is 2.31. The Bertz CT molecular complexity index is 1540. The summed E-state index contributed by atoms with van der Waals surface area (Å²) in [5.74, 6) is 1.70. The van der Waals surface area contributed by atoms with E-state index in [0.717, 1.165) is 39.2 Å². The van der Waals surface area contributed by atoms with E-state index in [-0.39, 0.29) is 17.5 Å². The number of nitrogens with zero attached hydrogens (tertiary/aromatic N) is 5. The van der Waals surface area contributed by atoms with Crippen LogP contribution in [0.25, 0.3) is 10.9 Å². The van der Waals surface area contributed by atoms with E-state index in [0.29, 0.717) is 25.2 Å². The molecule has 1 unspecified atom stereocenters. The number of nitrogens with one attached hydrogen (secondary N) is 1. The van der Waals surface area contributed by atoms with E-state index in [1.807, 2.05) is 49.4 Å². The lowest BCUT2D eigenvalue weighted by Gasteiger charge is -2.33. The van der Waals surface area contributed by atoms with Crippen molar-refractivity contribution >= 4 is 10.9 Å². The lowest BCUT2D eigenvalue weighted by molar-refractivity contribution is 0.125. The summed E-state index contributed by atoms with van der Waals surface area (Å²) >= 11 is 0. The van der Waals surface area contributed by atoms with Crippen LogP contribution in [0.5, 0.6) is 0 Å². The van der Waals surface area contributed by atoms with Crippen molar-refractivity contribution < 1.29 is 4.42 Å². The Hall–Kier alpha value is -4.04. The predicted octanol–water partition coefficient (Wildman–Crippen LogP) is 5.17. The van der Waals surface area contributed by atoms with Crippen molar-refractivity contribution in [2.75, 3.05) is 0 Å². The molecule has 0 aliphatic heterocycles. The summed E-state index contributed by atoms with van der Waals surface area (Å²) in [5, 5.41) is 13.8. The lowest BCUT2D eigenvalue weighted by Crippen LogP contribution is -2.35. The van der Waals surface area contributed by atoms with Crippen LogP contribution < -0.4 is 5.56 Å². The van der Waals surface area contributed by atoms with Crippen LogP contribution in [0.2, 0.25) is 0 Å². The molecule has 0 saturated heterocycles. The van der Waals surface area contributed by atoms with Gasteiger partial charge in [-0.1, -0.05) is 50.2 Å².